The molecule has 0 aliphatic carbocycles. The highest BCUT2D eigenvalue weighted by atomic mass is 19.4. The number of nitrogens with one attached hydrogen (secondary N) is 1. The van der Waals surface area contributed by atoms with Crippen LogP contribution in [0.2, 0.25) is 0 Å². The van der Waals surface area contributed by atoms with Crippen LogP contribution in [0.15, 0.2) is 24.3 Å². The zero-order chi connectivity index (χ0) is 14.8. The van der Waals surface area contributed by atoms with Gasteiger partial charge >= 0.3 is 12.1 Å². The van der Waals surface area contributed by atoms with E-state index >= 15 is 0 Å². The van der Waals surface area contributed by atoms with Gasteiger partial charge in [-0.3, -0.25) is 4.79 Å². The molecule has 0 saturated heterocycles. The van der Waals surface area contributed by atoms with Crippen molar-refractivity contribution in [3.8, 4) is 0 Å². The Kier molecular flexibility index (Phi) is 3.73. The van der Waals surface area contributed by atoms with E-state index < -0.39 is 23.6 Å². The Bertz CT molecular complexity index is 516. The van der Waals surface area contributed by atoms with Gasteiger partial charge in [-0.2, -0.15) is 13.2 Å². The fourth-order valence-corrected chi connectivity index (χ4v) is 1.32. The molecule has 5 nitrogen and oxygen atoms in total. The monoisotopic (exact) mass is 276 g/mol. The molecule has 0 spiro atoms. The first kappa shape index (κ1) is 14.8. The SMILES string of the molecule is CC(Nc1ccccc1C(N)=O)(C(=O)O)C(F)(F)F. The van der Waals surface area contributed by atoms with E-state index in [4.69, 9.17) is 10.8 Å². The van der Waals surface area contributed by atoms with Gasteiger partial charge in [0.1, 0.15) is 0 Å². The van der Waals surface area contributed by atoms with Crippen molar-refractivity contribution in [3.05, 3.63) is 29.8 Å². The second-order valence-corrected chi connectivity index (χ2v) is 3.96. The first-order chi connectivity index (χ1) is 8.59. The summed E-state index contributed by atoms with van der Waals surface area (Å²) in [5.41, 5.74) is 1.27. The Hall–Kier alpha value is -2.25. The van der Waals surface area contributed by atoms with Gasteiger partial charge in [-0.1, -0.05) is 12.1 Å². The first-order valence-corrected chi connectivity index (χ1v) is 5.06. The number of rotatable bonds is 4. The molecule has 1 amide bonds. The number of hydrogen-bond donors (Lipinski definition) is 3. The lowest BCUT2D eigenvalue weighted by atomic mass is 10.0. The third-order valence-electron chi connectivity index (χ3n) is 2.57. The fraction of sp³-hybridized carbons (Fsp3) is 0.273. The standard InChI is InChI=1S/C11H11F3N2O3/c1-10(9(18)19,11(12,13)14)16-7-5-3-2-4-6(7)8(15)17/h2-5,16H,1H3,(H2,15,17)(H,18,19). The molecule has 1 aromatic rings. The van der Waals surface area contributed by atoms with Crippen LogP contribution in [-0.2, 0) is 4.79 Å². The van der Waals surface area contributed by atoms with E-state index in [2.05, 4.69) is 0 Å². The second kappa shape index (κ2) is 4.79. The zero-order valence-corrected chi connectivity index (χ0v) is 9.78. The number of benzene rings is 1. The van der Waals surface area contributed by atoms with Crippen molar-refractivity contribution >= 4 is 17.6 Å². The highest BCUT2D eigenvalue weighted by Gasteiger charge is 2.57. The lowest BCUT2D eigenvalue weighted by Gasteiger charge is -2.30. The van der Waals surface area contributed by atoms with Crippen LogP contribution in [0.1, 0.15) is 17.3 Å². The van der Waals surface area contributed by atoms with Crippen molar-refractivity contribution in [2.45, 2.75) is 18.6 Å². The van der Waals surface area contributed by atoms with E-state index in [0.717, 1.165) is 6.07 Å². The van der Waals surface area contributed by atoms with Crippen LogP contribution in [0.5, 0.6) is 0 Å². The van der Waals surface area contributed by atoms with Gasteiger partial charge in [-0.05, 0) is 19.1 Å². The summed E-state index contributed by atoms with van der Waals surface area (Å²) < 4.78 is 38.4. The molecule has 4 N–H and O–H groups in total. The minimum absolute atomic E-state index is 0.223. The van der Waals surface area contributed by atoms with Crippen LogP contribution in [0.25, 0.3) is 0 Å². The van der Waals surface area contributed by atoms with Crippen molar-refractivity contribution in [2.75, 3.05) is 5.32 Å². The van der Waals surface area contributed by atoms with Crippen molar-refractivity contribution in [1.82, 2.24) is 0 Å². The number of carbonyl (C=O) groups is 2. The molecular weight excluding hydrogens is 265 g/mol. The summed E-state index contributed by atoms with van der Waals surface area (Å²) in [7, 11) is 0. The van der Waals surface area contributed by atoms with Crippen molar-refractivity contribution in [2.24, 2.45) is 5.73 Å². The minimum Gasteiger partial charge on any atom is -0.479 e. The predicted octanol–water partition coefficient (Wildman–Crippen LogP) is 1.60. The van der Waals surface area contributed by atoms with Gasteiger partial charge in [0, 0.05) is 5.69 Å². The number of aliphatic carboxylic acids is 1. The third-order valence-corrected chi connectivity index (χ3v) is 2.57. The topological polar surface area (TPSA) is 92.4 Å². The van der Waals surface area contributed by atoms with E-state index in [1.807, 2.05) is 5.32 Å². The number of para-hydroxylation sites is 1. The molecule has 0 saturated carbocycles. The fourth-order valence-electron chi connectivity index (χ4n) is 1.32. The molecule has 0 aliphatic rings. The van der Waals surface area contributed by atoms with Gasteiger partial charge in [-0.15, -0.1) is 0 Å². The lowest BCUT2D eigenvalue weighted by Crippen LogP contribution is -2.55. The molecule has 8 heteroatoms. The van der Waals surface area contributed by atoms with E-state index in [-0.39, 0.29) is 11.3 Å². The second-order valence-electron chi connectivity index (χ2n) is 3.96. The lowest BCUT2D eigenvalue weighted by molar-refractivity contribution is -0.192. The number of hydrogen-bond acceptors (Lipinski definition) is 3. The molecule has 0 fully saturated rings. The van der Waals surface area contributed by atoms with Crippen LogP contribution in [0.4, 0.5) is 18.9 Å². The van der Waals surface area contributed by atoms with Gasteiger partial charge in [0.05, 0.1) is 5.56 Å². The van der Waals surface area contributed by atoms with Crippen LogP contribution in [0, 0.1) is 0 Å². The Morgan fingerprint density at radius 2 is 1.79 bits per heavy atom. The number of alkyl halides is 3. The van der Waals surface area contributed by atoms with Crippen LogP contribution >= 0.6 is 0 Å². The number of carboxylic acid groups (broad SMARTS) is 1. The summed E-state index contributed by atoms with van der Waals surface area (Å²) in [6.45, 7) is 0.465. The highest BCUT2D eigenvalue weighted by Crippen LogP contribution is 2.34. The number of nitrogens with two attached hydrogens (primary N) is 1. The molecule has 19 heavy (non-hydrogen) atoms. The highest BCUT2D eigenvalue weighted by molar-refractivity contribution is 5.99. The average molecular weight is 276 g/mol. The summed E-state index contributed by atoms with van der Waals surface area (Å²) in [5, 5.41) is 10.6. The number of carboxylic acids is 1. The largest absolute Gasteiger partial charge is 0.479 e. The Labute approximate surface area is 106 Å². The van der Waals surface area contributed by atoms with Gasteiger partial charge in [-0.25, -0.2) is 4.79 Å². The molecule has 0 heterocycles. The van der Waals surface area contributed by atoms with Crippen LogP contribution < -0.4 is 11.1 Å². The molecule has 0 bridgehead atoms. The van der Waals surface area contributed by atoms with Crippen molar-refractivity contribution in [1.29, 1.82) is 0 Å². The molecular formula is C11H11F3N2O3. The van der Waals surface area contributed by atoms with E-state index in [1.165, 1.54) is 18.2 Å². The molecule has 1 rings (SSSR count). The van der Waals surface area contributed by atoms with Gasteiger partial charge < -0.3 is 16.2 Å². The summed E-state index contributed by atoms with van der Waals surface area (Å²) in [6, 6.07) is 5.10. The molecule has 0 aliphatic heterocycles. The van der Waals surface area contributed by atoms with Crippen molar-refractivity contribution in [3.63, 3.8) is 0 Å². The predicted molar refractivity (Wildman–Crippen MR) is 60.7 cm³/mol. The van der Waals surface area contributed by atoms with E-state index in [9.17, 15) is 22.8 Å². The third kappa shape index (κ3) is 2.78. The van der Waals surface area contributed by atoms with Gasteiger partial charge in [0.15, 0.2) is 0 Å². The normalized spacial score (nSPS) is 14.5. The van der Waals surface area contributed by atoms with Crippen LogP contribution in [0.3, 0.4) is 0 Å². The van der Waals surface area contributed by atoms with E-state index in [1.54, 1.807) is 0 Å². The van der Waals surface area contributed by atoms with Crippen molar-refractivity contribution < 1.29 is 27.9 Å². The van der Waals surface area contributed by atoms with Gasteiger partial charge in [0.25, 0.3) is 5.91 Å². The number of primary amides is 1. The summed E-state index contributed by atoms with van der Waals surface area (Å²) in [6.07, 6.45) is -5.05. The zero-order valence-electron chi connectivity index (χ0n) is 9.78. The molecule has 104 valence electrons. The minimum atomic E-state index is -5.05. The van der Waals surface area contributed by atoms with Crippen LogP contribution in [-0.4, -0.2) is 28.7 Å². The van der Waals surface area contributed by atoms with E-state index in [0.29, 0.717) is 6.92 Å². The Morgan fingerprint density at radius 1 is 1.26 bits per heavy atom. The maximum absolute atomic E-state index is 12.8. The maximum atomic E-state index is 12.8. The molecule has 1 aromatic carbocycles. The average Bonchev–Trinajstić information content (AvgIpc) is 2.27. The smallest absolute Gasteiger partial charge is 0.422 e. The number of halogens is 3. The number of amides is 1. The molecule has 1 unspecified atom stereocenters. The number of carbonyl (C=O) groups excluding carboxylic acids is 1. The molecule has 0 radical (unpaired) electrons. The quantitative estimate of drug-likeness (QED) is 0.778. The maximum Gasteiger partial charge on any atom is 0.422 e. The summed E-state index contributed by atoms with van der Waals surface area (Å²) in [4.78, 5) is 21.9. The number of anilines is 1. The summed E-state index contributed by atoms with van der Waals surface area (Å²) in [5.74, 6) is -3.07. The Morgan fingerprint density at radius 3 is 2.21 bits per heavy atom. The molecule has 0 aromatic heterocycles. The van der Waals surface area contributed by atoms with Gasteiger partial charge in [0.2, 0.25) is 5.54 Å². The summed E-state index contributed by atoms with van der Waals surface area (Å²) >= 11 is 0. The molecule has 1 atom stereocenters. The first-order valence-electron chi connectivity index (χ1n) is 5.06. The Balaban J connectivity index is 3.27.